The lowest BCUT2D eigenvalue weighted by Gasteiger charge is -2.06. The highest BCUT2D eigenvalue weighted by molar-refractivity contribution is 9.10. The number of hydrogen-bond donors (Lipinski definition) is 2. The molecule has 0 heterocycles. The van der Waals surface area contributed by atoms with Crippen LogP contribution in [0.3, 0.4) is 0 Å². The lowest BCUT2D eigenvalue weighted by Crippen LogP contribution is -2.07. The second-order valence-corrected chi connectivity index (χ2v) is 3.59. The molecule has 0 atom stereocenters. The van der Waals surface area contributed by atoms with Crippen molar-refractivity contribution in [2.75, 3.05) is 0 Å². The van der Waals surface area contributed by atoms with Crippen molar-refractivity contribution >= 4 is 15.9 Å². The zero-order chi connectivity index (χ0) is 9.84. The molecular weight excluding hydrogens is 237 g/mol. The third-order valence-electron chi connectivity index (χ3n) is 1.83. The van der Waals surface area contributed by atoms with Gasteiger partial charge in [0.1, 0.15) is 5.82 Å². The number of rotatable bonds is 3. The predicted molar refractivity (Wildman–Crippen MR) is 52.1 cm³/mol. The monoisotopic (exact) mass is 247 g/mol. The van der Waals surface area contributed by atoms with E-state index in [2.05, 4.69) is 15.9 Å². The van der Waals surface area contributed by atoms with Crippen molar-refractivity contribution < 1.29 is 9.60 Å². The second-order valence-electron chi connectivity index (χ2n) is 2.74. The summed E-state index contributed by atoms with van der Waals surface area (Å²) in [5.41, 5.74) is 3.55. The van der Waals surface area contributed by atoms with Crippen LogP contribution in [0.1, 0.15) is 18.1 Å². The minimum atomic E-state index is -0.218. The van der Waals surface area contributed by atoms with Crippen molar-refractivity contribution in [3.8, 4) is 0 Å². The summed E-state index contributed by atoms with van der Waals surface area (Å²) in [6.45, 7) is 2.22. The Morgan fingerprint density at radius 3 is 2.77 bits per heavy atom. The van der Waals surface area contributed by atoms with Crippen LogP contribution in [0.25, 0.3) is 0 Å². The average Bonchev–Trinajstić information content (AvgIpc) is 2.11. The summed E-state index contributed by atoms with van der Waals surface area (Å²) < 4.78 is 13.7. The van der Waals surface area contributed by atoms with Gasteiger partial charge in [-0.05, 0) is 39.5 Å². The summed E-state index contributed by atoms with van der Waals surface area (Å²) in [6.07, 6.45) is 0.643. The Kier molecular flexibility index (Phi) is 3.84. The number of nitrogens with one attached hydrogen (secondary N) is 1. The quantitative estimate of drug-likeness (QED) is 0.806. The zero-order valence-corrected chi connectivity index (χ0v) is 8.86. The molecule has 0 unspecified atom stereocenters. The van der Waals surface area contributed by atoms with Crippen LogP contribution >= 0.6 is 15.9 Å². The van der Waals surface area contributed by atoms with Crippen LogP contribution in [0, 0.1) is 5.82 Å². The number of hydroxylamine groups is 1. The summed E-state index contributed by atoms with van der Waals surface area (Å²) in [4.78, 5) is 0. The Labute approximate surface area is 84.9 Å². The van der Waals surface area contributed by atoms with E-state index in [1.165, 1.54) is 0 Å². The molecule has 0 aliphatic heterocycles. The van der Waals surface area contributed by atoms with Gasteiger partial charge in [-0.1, -0.05) is 13.0 Å². The number of aryl methyl sites for hydroxylation is 1. The van der Waals surface area contributed by atoms with Crippen molar-refractivity contribution in [2.45, 2.75) is 19.9 Å². The average molecular weight is 248 g/mol. The molecule has 1 rings (SSSR count). The number of benzene rings is 1. The molecule has 0 radical (unpaired) electrons. The lowest BCUT2D eigenvalue weighted by molar-refractivity contribution is 0.161. The Morgan fingerprint density at radius 2 is 2.23 bits per heavy atom. The Hall–Kier alpha value is -0.450. The molecule has 0 saturated carbocycles. The first-order chi connectivity index (χ1) is 6.19. The van der Waals surface area contributed by atoms with Gasteiger partial charge in [0.15, 0.2) is 0 Å². The van der Waals surface area contributed by atoms with Gasteiger partial charge >= 0.3 is 0 Å². The van der Waals surface area contributed by atoms with Crippen molar-refractivity contribution in [1.29, 1.82) is 0 Å². The maximum absolute atomic E-state index is 13.3. The van der Waals surface area contributed by atoms with Gasteiger partial charge in [-0.2, -0.15) is 0 Å². The highest BCUT2D eigenvalue weighted by Gasteiger charge is 2.06. The van der Waals surface area contributed by atoms with E-state index in [0.717, 1.165) is 5.56 Å². The van der Waals surface area contributed by atoms with Crippen LogP contribution in [0.4, 0.5) is 4.39 Å². The van der Waals surface area contributed by atoms with Crippen LogP contribution in [0.2, 0.25) is 0 Å². The molecule has 0 aliphatic carbocycles. The first-order valence-electron chi connectivity index (χ1n) is 4.02. The number of hydrogen-bond acceptors (Lipinski definition) is 2. The second kappa shape index (κ2) is 4.69. The van der Waals surface area contributed by atoms with Gasteiger partial charge in [0.2, 0.25) is 0 Å². The van der Waals surface area contributed by atoms with Gasteiger partial charge in [-0.25, -0.2) is 9.87 Å². The van der Waals surface area contributed by atoms with E-state index >= 15 is 0 Å². The summed E-state index contributed by atoms with van der Waals surface area (Å²) >= 11 is 3.12. The highest BCUT2D eigenvalue weighted by atomic mass is 79.9. The highest BCUT2D eigenvalue weighted by Crippen LogP contribution is 2.21. The van der Waals surface area contributed by atoms with Crippen molar-refractivity contribution in [1.82, 2.24) is 5.48 Å². The van der Waals surface area contributed by atoms with E-state index in [0.29, 0.717) is 23.0 Å². The first-order valence-corrected chi connectivity index (χ1v) is 4.82. The molecule has 0 spiro atoms. The van der Waals surface area contributed by atoms with Crippen LogP contribution in [-0.2, 0) is 13.0 Å². The largest absolute Gasteiger partial charge is 0.316 e. The van der Waals surface area contributed by atoms with Crippen molar-refractivity contribution in [3.63, 3.8) is 0 Å². The standard InChI is InChI=1S/C9H11BrFNO/c1-2-7-3-6(5-12-13)4-8(10)9(7)11/h3-4,12-13H,2,5H2,1H3. The molecule has 0 aromatic heterocycles. The predicted octanol–water partition coefficient (Wildman–Crippen LogP) is 2.63. The minimum absolute atomic E-state index is 0.218. The Bertz CT molecular complexity index is 304. The van der Waals surface area contributed by atoms with Gasteiger partial charge in [-0.15, -0.1) is 0 Å². The van der Waals surface area contributed by atoms with E-state index in [4.69, 9.17) is 5.21 Å². The summed E-state index contributed by atoms with van der Waals surface area (Å²) in [5.74, 6) is -0.218. The smallest absolute Gasteiger partial charge is 0.140 e. The van der Waals surface area contributed by atoms with E-state index < -0.39 is 0 Å². The summed E-state index contributed by atoms with van der Waals surface area (Å²) in [6, 6.07) is 3.39. The minimum Gasteiger partial charge on any atom is -0.316 e. The van der Waals surface area contributed by atoms with Crippen LogP contribution < -0.4 is 5.48 Å². The van der Waals surface area contributed by atoms with E-state index in [9.17, 15) is 4.39 Å². The number of halogens is 2. The summed E-state index contributed by atoms with van der Waals surface area (Å²) in [7, 11) is 0. The molecule has 0 bridgehead atoms. The van der Waals surface area contributed by atoms with E-state index in [-0.39, 0.29) is 5.82 Å². The molecule has 1 aromatic rings. The maximum Gasteiger partial charge on any atom is 0.140 e. The van der Waals surface area contributed by atoms with Crippen LogP contribution in [0.15, 0.2) is 16.6 Å². The molecule has 72 valence electrons. The topological polar surface area (TPSA) is 32.3 Å². The van der Waals surface area contributed by atoms with Gasteiger partial charge in [0.05, 0.1) is 4.47 Å². The fourth-order valence-corrected chi connectivity index (χ4v) is 1.71. The molecule has 1 aromatic carbocycles. The van der Waals surface area contributed by atoms with E-state index in [1.54, 1.807) is 12.1 Å². The van der Waals surface area contributed by atoms with Crippen LogP contribution in [-0.4, -0.2) is 5.21 Å². The van der Waals surface area contributed by atoms with Crippen molar-refractivity contribution in [2.24, 2.45) is 0 Å². The normalized spacial score (nSPS) is 10.5. The molecule has 0 amide bonds. The van der Waals surface area contributed by atoms with Gasteiger partial charge in [-0.3, -0.25) is 0 Å². The Morgan fingerprint density at radius 1 is 1.54 bits per heavy atom. The third kappa shape index (κ3) is 2.49. The molecule has 2 N–H and O–H groups in total. The molecule has 0 saturated heterocycles. The first kappa shape index (κ1) is 10.6. The fourth-order valence-electron chi connectivity index (χ4n) is 1.16. The van der Waals surface area contributed by atoms with Crippen molar-refractivity contribution in [3.05, 3.63) is 33.5 Å². The molecule has 13 heavy (non-hydrogen) atoms. The SMILES string of the molecule is CCc1cc(CNO)cc(Br)c1F. The molecule has 0 aliphatic rings. The lowest BCUT2D eigenvalue weighted by atomic mass is 10.1. The molecule has 0 fully saturated rings. The molecule has 2 nitrogen and oxygen atoms in total. The van der Waals surface area contributed by atoms with Crippen LogP contribution in [0.5, 0.6) is 0 Å². The third-order valence-corrected chi connectivity index (χ3v) is 2.40. The maximum atomic E-state index is 13.3. The summed E-state index contributed by atoms with van der Waals surface area (Å²) in [5, 5.41) is 8.48. The molecular formula is C9H11BrFNO. The molecule has 4 heteroatoms. The Balaban J connectivity index is 3.06. The van der Waals surface area contributed by atoms with Gasteiger partial charge in [0, 0.05) is 6.54 Å². The van der Waals surface area contributed by atoms with E-state index in [1.807, 2.05) is 12.4 Å². The zero-order valence-electron chi connectivity index (χ0n) is 7.27. The fraction of sp³-hybridized carbons (Fsp3) is 0.333. The van der Waals surface area contributed by atoms with Gasteiger partial charge in [0.25, 0.3) is 0 Å². The van der Waals surface area contributed by atoms with Gasteiger partial charge < -0.3 is 5.21 Å².